The van der Waals surface area contributed by atoms with E-state index in [2.05, 4.69) is 11.4 Å². The van der Waals surface area contributed by atoms with Crippen LogP contribution in [0, 0.1) is 17.2 Å². The van der Waals surface area contributed by atoms with Crippen LogP contribution in [-0.4, -0.2) is 47.9 Å². The predicted octanol–water partition coefficient (Wildman–Crippen LogP) is 2.42. The van der Waals surface area contributed by atoms with E-state index in [4.69, 9.17) is 5.26 Å². The second-order valence-corrected chi connectivity index (χ2v) is 6.38. The van der Waals surface area contributed by atoms with E-state index in [-0.39, 0.29) is 17.9 Å². The first-order valence-corrected chi connectivity index (χ1v) is 8.53. The van der Waals surface area contributed by atoms with Crippen molar-refractivity contribution in [1.29, 1.82) is 5.26 Å². The van der Waals surface area contributed by atoms with Gasteiger partial charge in [-0.15, -0.1) is 0 Å². The van der Waals surface area contributed by atoms with Crippen molar-refractivity contribution in [2.75, 3.05) is 31.5 Å². The number of likely N-dealkylation sites (tertiary alicyclic amines) is 2. The summed E-state index contributed by atoms with van der Waals surface area (Å²) in [6.07, 6.45) is 3.51. The molecule has 1 aromatic rings. The lowest BCUT2D eigenvalue weighted by molar-refractivity contribution is -0.121. The van der Waals surface area contributed by atoms with Gasteiger partial charge in [-0.2, -0.15) is 5.26 Å². The fraction of sp³-hybridized carbons (Fsp3) is 0.500. The van der Waals surface area contributed by atoms with Crippen molar-refractivity contribution in [1.82, 2.24) is 9.80 Å². The normalized spacial score (nSPS) is 18.3. The summed E-state index contributed by atoms with van der Waals surface area (Å²) in [7, 11) is 0. The lowest BCUT2D eigenvalue weighted by Crippen LogP contribution is -2.47. The third-order valence-electron chi connectivity index (χ3n) is 4.82. The zero-order chi connectivity index (χ0) is 16.9. The van der Waals surface area contributed by atoms with Gasteiger partial charge in [0.1, 0.15) is 6.07 Å². The molecule has 1 N–H and O–H groups in total. The van der Waals surface area contributed by atoms with Crippen molar-refractivity contribution < 1.29 is 9.59 Å². The fourth-order valence-electron chi connectivity index (χ4n) is 3.37. The number of hydrogen-bond acceptors (Lipinski definition) is 3. The van der Waals surface area contributed by atoms with Gasteiger partial charge >= 0.3 is 6.03 Å². The second kappa shape index (κ2) is 7.35. The van der Waals surface area contributed by atoms with E-state index in [1.54, 1.807) is 24.3 Å². The number of carbonyl (C=O) groups is 2. The molecule has 2 fully saturated rings. The summed E-state index contributed by atoms with van der Waals surface area (Å²) in [6, 6.07) is 9.20. The van der Waals surface area contributed by atoms with Gasteiger partial charge in [0.2, 0.25) is 5.91 Å². The molecule has 6 nitrogen and oxygen atoms in total. The van der Waals surface area contributed by atoms with E-state index >= 15 is 0 Å². The Hall–Kier alpha value is -2.55. The van der Waals surface area contributed by atoms with E-state index in [1.807, 2.05) is 9.80 Å². The number of benzene rings is 1. The van der Waals surface area contributed by atoms with Crippen molar-refractivity contribution in [3.63, 3.8) is 0 Å². The minimum absolute atomic E-state index is 0.0639. The summed E-state index contributed by atoms with van der Waals surface area (Å²) in [5, 5.41) is 11.9. The van der Waals surface area contributed by atoms with Gasteiger partial charge in [-0.05, 0) is 37.8 Å². The van der Waals surface area contributed by atoms with Crippen LogP contribution in [0.2, 0.25) is 0 Å². The number of nitriles is 1. The number of amides is 3. The number of nitrogens with one attached hydrogen (secondary N) is 1. The Morgan fingerprint density at radius 3 is 2.33 bits per heavy atom. The van der Waals surface area contributed by atoms with Crippen LogP contribution < -0.4 is 5.32 Å². The van der Waals surface area contributed by atoms with Gasteiger partial charge < -0.3 is 15.1 Å². The van der Waals surface area contributed by atoms with Crippen molar-refractivity contribution in [2.45, 2.75) is 25.7 Å². The van der Waals surface area contributed by atoms with Gasteiger partial charge in [-0.3, -0.25) is 4.79 Å². The van der Waals surface area contributed by atoms with Crippen LogP contribution in [0.4, 0.5) is 10.5 Å². The molecular weight excluding hydrogens is 304 g/mol. The number of rotatable bonds is 2. The lowest BCUT2D eigenvalue weighted by Gasteiger charge is -2.34. The van der Waals surface area contributed by atoms with Gasteiger partial charge in [0, 0.05) is 32.1 Å². The van der Waals surface area contributed by atoms with Crippen LogP contribution in [-0.2, 0) is 4.79 Å². The third kappa shape index (κ3) is 3.51. The van der Waals surface area contributed by atoms with E-state index in [0.29, 0.717) is 37.2 Å². The Kier molecular flexibility index (Phi) is 4.99. The maximum absolute atomic E-state index is 12.4. The molecule has 0 aliphatic carbocycles. The molecule has 126 valence electrons. The Morgan fingerprint density at radius 1 is 1.04 bits per heavy atom. The Bertz CT molecular complexity index is 653. The van der Waals surface area contributed by atoms with Crippen molar-refractivity contribution in [2.24, 2.45) is 5.92 Å². The standard InChI is InChI=1S/C18H22N4O2/c19-13-15-5-1-2-6-16(15)20-17(23)14-7-11-22(12-8-14)18(24)21-9-3-4-10-21/h1-2,5-6,14H,3-4,7-12H2,(H,20,23). The molecule has 1 aromatic carbocycles. The molecule has 2 heterocycles. The molecule has 0 atom stereocenters. The highest BCUT2D eigenvalue weighted by molar-refractivity contribution is 5.94. The molecule has 24 heavy (non-hydrogen) atoms. The Labute approximate surface area is 142 Å². The monoisotopic (exact) mass is 326 g/mol. The SMILES string of the molecule is N#Cc1ccccc1NC(=O)C1CCN(C(=O)N2CCCC2)CC1. The molecular formula is C18H22N4O2. The highest BCUT2D eigenvalue weighted by atomic mass is 16.2. The van der Waals surface area contributed by atoms with Gasteiger partial charge in [0.15, 0.2) is 0 Å². The van der Waals surface area contributed by atoms with Crippen molar-refractivity contribution >= 4 is 17.6 Å². The molecule has 0 unspecified atom stereocenters. The largest absolute Gasteiger partial charge is 0.325 e. The first-order chi connectivity index (χ1) is 11.7. The van der Waals surface area contributed by atoms with Crippen LogP contribution in [0.15, 0.2) is 24.3 Å². The number of para-hydroxylation sites is 1. The number of nitrogens with zero attached hydrogens (tertiary/aromatic N) is 3. The maximum atomic E-state index is 12.4. The van der Waals surface area contributed by atoms with Gasteiger partial charge in [0.05, 0.1) is 11.3 Å². The molecule has 2 saturated heterocycles. The third-order valence-corrected chi connectivity index (χ3v) is 4.82. The zero-order valence-corrected chi connectivity index (χ0v) is 13.7. The van der Waals surface area contributed by atoms with E-state index < -0.39 is 0 Å². The zero-order valence-electron chi connectivity index (χ0n) is 13.7. The molecule has 6 heteroatoms. The Balaban J connectivity index is 1.53. The number of hydrogen-bond donors (Lipinski definition) is 1. The summed E-state index contributed by atoms with van der Waals surface area (Å²) in [4.78, 5) is 28.6. The topological polar surface area (TPSA) is 76.4 Å². The minimum atomic E-state index is -0.112. The van der Waals surface area contributed by atoms with Crippen LogP contribution >= 0.6 is 0 Å². The van der Waals surface area contributed by atoms with E-state index in [0.717, 1.165) is 25.9 Å². The van der Waals surface area contributed by atoms with Crippen molar-refractivity contribution in [3.05, 3.63) is 29.8 Å². The Morgan fingerprint density at radius 2 is 1.67 bits per heavy atom. The van der Waals surface area contributed by atoms with Crippen LogP contribution in [0.3, 0.4) is 0 Å². The average molecular weight is 326 g/mol. The van der Waals surface area contributed by atoms with E-state index in [9.17, 15) is 9.59 Å². The number of urea groups is 1. The molecule has 0 radical (unpaired) electrons. The first kappa shape index (κ1) is 16.3. The second-order valence-electron chi connectivity index (χ2n) is 6.38. The molecule has 0 aromatic heterocycles. The number of anilines is 1. The average Bonchev–Trinajstić information content (AvgIpc) is 3.16. The van der Waals surface area contributed by atoms with E-state index in [1.165, 1.54) is 0 Å². The summed E-state index contributed by atoms with van der Waals surface area (Å²) in [5.41, 5.74) is 1.02. The van der Waals surface area contributed by atoms with Gasteiger partial charge in [-0.25, -0.2) is 4.79 Å². The lowest BCUT2D eigenvalue weighted by atomic mass is 9.96. The predicted molar refractivity (Wildman–Crippen MR) is 90.3 cm³/mol. The molecule has 0 saturated carbocycles. The smallest absolute Gasteiger partial charge is 0.319 e. The quantitative estimate of drug-likeness (QED) is 0.907. The number of carbonyl (C=O) groups excluding carboxylic acids is 2. The molecule has 3 rings (SSSR count). The van der Waals surface area contributed by atoms with Gasteiger partial charge in [0.25, 0.3) is 0 Å². The fourth-order valence-corrected chi connectivity index (χ4v) is 3.37. The molecule has 2 aliphatic rings. The highest BCUT2D eigenvalue weighted by Crippen LogP contribution is 2.22. The molecule has 3 amide bonds. The molecule has 2 aliphatic heterocycles. The molecule has 0 spiro atoms. The summed E-state index contributed by atoms with van der Waals surface area (Å²) in [6.45, 7) is 2.94. The number of piperidine rings is 1. The first-order valence-electron chi connectivity index (χ1n) is 8.53. The summed E-state index contributed by atoms with van der Waals surface area (Å²) < 4.78 is 0. The molecule has 0 bridgehead atoms. The highest BCUT2D eigenvalue weighted by Gasteiger charge is 2.30. The van der Waals surface area contributed by atoms with Crippen LogP contribution in [0.5, 0.6) is 0 Å². The van der Waals surface area contributed by atoms with Gasteiger partial charge in [-0.1, -0.05) is 12.1 Å². The maximum Gasteiger partial charge on any atom is 0.319 e. The van der Waals surface area contributed by atoms with Crippen molar-refractivity contribution in [3.8, 4) is 6.07 Å². The summed E-state index contributed by atoms with van der Waals surface area (Å²) >= 11 is 0. The van der Waals surface area contributed by atoms with Crippen LogP contribution in [0.1, 0.15) is 31.2 Å². The minimum Gasteiger partial charge on any atom is -0.325 e. The summed E-state index contributed by atoms with van der Waals surface area (Å²) in [5.74, 6) is -0.176. The van der Waals surface area contributed by atoms with Crippen LogP contribution in [0.25, 0.3) is 0 Å².